The van der Waals surface area contributed by atoms with Crippen molar-refractivity contribution in [3.05, 3.63) is 29.8 Å². The Morgan fingerprint density at radius 1 is 1.35 bits per heavy atom. The van der Waals surface area contributed by atoms with Gasteiger partial charge in [0.2, 0.25) is 5.91 Å². The highest BCUT2D eigenvalue weighted by molar-refractivity contribution is 5.91. The van der Waals surface area contributed by atoms with Crippen LogP contribution < -0.4 is 5.32 Å². The number of hydrogen-bond acceptors (Lipinski definition) is 3. The Kier molecular flexibility index (Phi) is 2.53. The van der Waals surface area contributed by atoms with E-state index in [1.54, 1.807) is 12.1 Å². The van der Waals surface area contributed by atoms with E-state index in [1.165, 1.54) is 19.1 Å². The van der Waals surface area contributed by atoms with E-state index < -0.39 is 11.5 Å². The van der Waals surface area contributed by atoms with Crippen molar-refractivity contribution in [2.45, 2.75) is 24.8 Å². The molecule has 0 radical (unpaired) electrons. The maximum Gasteiger partial charge on any atom is 0.330 e. The Morgan fingerprint density at radius 2 is 1.94 bits per heavy atom. The van der Waals surface area contributed by atoms with Gasteiger partial charge in [0.05, 0.1) is 0 Å². The molecule has 5 nitrogen and oxygen atoms in total. The van der Waals surface area contributed by atoms with Gasteiger partial charge >= 0.3 is 5.97 Å². The summed E-state index contributed by atoms with van der Waals surface area (Å²) in [6.45, 7) is 1.30. The molecule has 3 N–H and O–H groups in total. The summed E-state index contributed by atoms with van der Waals surface area (Å²) in [5.74, 6) is -1.47. The topological polar surface area (TPSA) is 86.6 Å². The molecule has 1 fully saturated rings. The molecule has 2 atom stereocenters. The zero-order chi connectivity index (χ0) is 12.6. The standard InChI is InChI=1S/C12H13NO4/c1-7(14)13-12(11(16)17)6-10(12)8-2-4-9(15)5-3-8/h2-5,10,15H,6H2,1H3,(H,13,14)(H,16,17)/t10-,12?/m0/s1. The first-order valence-corrected chi connectivity index (χ1v) is 5.27. The second-order valence-corrected chi connectivity index (χ2v) is 4.31. The molecule has 17 heavy (non-hydrogen) atoms. The lowest BCUT2D eigenvalue weighted by Crippen LogP contribution is -2.43. The zero-order valence-electron chi connectivity index (χ0n) is 9.30. The summed E-state index contributed by atoms with van der Waals surface area (Å²) in [6.07, 6.45) is 0.382. The number of nitrogens with one attached hydrogen (secondary N) is 1. The van der Waals surface area contributed by atoms with Gasteiger partial charge in [-0.2, -0.15) is 0 Å². The van der Waals surface area contributed by atoms with Gasteiger partial charge in [-0.15, -0.1) is 0 Å². The van der Waals surface area contributed by atoms with Crippen LogP contribution >= 0.6 is 0 Å². The highest BCUT2D eigenvalue weighted by Gasteiger charge is 2.62. The number of aromatic hydroxyl groups is 1. The fourth-order valence-corrected chi connectivity index (χ4v) is 2.11. The van der Waals surface area contributed by atoms with Gasteiger partial charge in [-0.25, -0.2) is 4.79 Å². The van der Waals surface area contributed by atoms with E-state index in [9.17, 15) is 14.7 Å². The number of carbonyl (C=O) groups is 2. The number of carboxylic acids is 1. The molecule has 1 saturated carbocycles. The van der Waals surface area contributed by atoms with E-state index in [1.807, 2.05) is 0 Å². The van der Waals surface area contributed by atoms with Gasteiger partial charge in [-0.05, 0) is 24.1 Å². The summed E-state index contributed by atoms with van der Waals surface area (Å²) in [5, 5.41) is 20.8. The van der Waals surface area contributed by atoms with Gasteiger partial charge < -0.3 is 15.5 Å². The molecule has 0 aliphatic heterocycles. The van der Waals surface area contributed by atoms with Crippen LogP contribution in [0.1, 0.15) is 24.8 Å². The highest BCUT2D eigenvalue weighted by atomic mass is 16.4. The first kappa shape index (κ1) is 11.4. The third-order valence-electron chi connectivity index (χ3n) is 3.04. The van der Waals surface area contributed by atoms with Crippen molar-refractivity contribution in [3.63, 3.8) is 0 Å². The van der Waals surface area contributed by atoms with Crippen LogP contribution in [0.2, 0.25) is 0 Å². The molecule has 1 aromatic rings. The number of phenols is 1. The summed E-state index contributed by atoms with van der Waals surface area (Å²) < 4.78 is 0. The Labute approximate surface area is 98.1 Å². The van der Waals surface area contributed by atoms with Crippen molar-refractivity contribution >= 4 is 11.9 Å². The second-order valence-electron chi connectivity index (χ2n) is 4.31. The molecule has 2 rings (SSSR count). The van der Waals surface area contributed by atoms with Crippen molar-refractivity contribution in [2.75, 3.05) is 0 Å². The van der Waals surface area contributed by atoms with Gasteiger partial charge in [-0.1, -0.05) is 12.1 Å². The smallest absolute Gasteiger partial charge is 0.330 e. The van der Waals surface area contributed by atoms with Crippen LogP contribution in [0.25, 0.3) is 0 Å². The van der Waals surface area contributed by atoms with E-state index in [4.69, 9.17) is 5.11 Å². The number of phenolic OH excluding ortho intramolecular Hbond substituents is 1. The van der Waals surface area contributed by atoms with Gasteiger partial charge in [-0.3, -0.25) is 4.79 Å². The van der Waals surface area contributed by atoms with Crippen molar-refractivity contribution in [2.24, 2.45) is 0 Å². The van der Waals surface area contributed by atoms with Gasteiger partial charge in [0, 0.05) is 12.8 Å². The first-order chi connectivity index (χ1) is 7.95. The minimum absolute atomic E-state index is 0.134. The SMILES string of the molecule is CC(=O)NC1(C(=O)O)C[C@H]1c1ccc(O)cc1. The number of rotatable bonds is 3. The number of benzene rings is 1. The van der Waals surface area contributed by atoms with Crippen molar-refractivity contribution < 1.29 is 19.8 Å². The largest absolute Gasteiger partial charge is 0.508 e. The Balaban J connectivity index is 2.23. The molecule has 1 aromatic carbocycles. The Bertz CT molecular complexity index is 468. The van der Waals surface area contributed by atoms with E-state index >= 15 is 0 Å². The zero-order valence-corrected chi connectivity index (χ0v) is 9.30. The second kappa shape index (κ2) is 3.76. The highest BCUT2D eigenvalue weighted by Crippen LogP contribution is 2.51. The maximum atomic E-state index is 11.2. The molecule has 5 heteroatoms. The molecule has 0 bridgehead atoms. The lowest BCUT2D eigenvalue weighted by molar-refractivity contribution is -0.143. The van der Waals surface area contributed by atoms with Gasteiger partial charge in [0.15, 0.2) is 0 Å². The summed E-state index contributed by atoms with van der Waals surface area (Å²) in [5.41, 5.74) is -0.373. The number of aliphatic carboxylic acids is 1. The fraction of sp³-hybridized carbons (Fsp3) is 0.333. The monoisotopic (exact) mass is 235 g/mol. The Hall–Kier alpha value is -2.04. The molecular formula is C12H13NO4. The van der Waals surface area contributed by atoms with Crippen LogP contribution in [-0.2, 0) is 9.59 Å². The van der Waals surface area contributed by atoms with Crippen LogP contribution in [0.3, 0.4) is 0 Å². The van der Waals surface area contributed by atoms with Crippen LogP contribution in [0.5, 0.6) is 5.75 Å². The molecule has 0 heterocycles. The lowest BCUT2D eigenvalue weighted by Gasteiger charge is -2.13. The normalized spacial score (nSPS) is 26.3. The predicted molar refractivity (Wildman–Crippen MR) is 59.6 cm³/mol. The van der Waals surface area contributed by atoms with Crippen LogP contribution in [0.15, 0.2) is 24.3 Å². The molecule has 0 saturated heterocycles. The number of amides is 1. The molecule has 1 aliphatic carbocycles. The number of carbonyl (C=O) groups excluding carboxylic acids is 1. The molecule has 1 amide bonds. The van der Waals surface area contributed by atoms with Gasteiger partial charge in [0.25, 0.3) is 0 Å². The molecule has 90 valence electrons. The molecule has 1 aliphatic rings. The molecule has 1 unspecified atom stereocenters. The van der Waals surface area contributed by atoms with E-state index in [-0.39, 0.29) is 17.6 Å². The van der Waals surface area contributed by atoms with Crippen molar-refractivity contribution in [1.82, 2.24) is 5.32 Å². The minimum Gasteiger partial charge on any atom is -0.508 e. The summed E-state index contributed by atoms with van der Waals surface area (Å²) in [4.78, 5) is 22.2. The third kappa shape index (κ3) is 1.95. The maximum absolute atomic E-state index is 11.2. The summed E-state index contributed by atoms with van der Waals surface area (Å²) in [7, 11) is 0. The quantitative estimate of drug-likeness (QED) is 0.724. The molecule has 0 spiro atoms. The van der Waals surface area contributed by atoms with E-state index in [2.05, 4.69) is 5.32 Å². The number of carboxylic acid groups (broad SMARTS) is 1. The van der Waals surface area contributed by atoms with Gasteiger partial charge in [0.1, 0.15) is 11.3 Å². The predicted octanol–water partition coefficient (Wildman–Crippen LogP) is 0.839. The van der Waals surface area contributed by atoms with Crippen molar-refractivity contribution in [3.8, 4) is 5.75 Å². The third-order valence-corrected chi connectivity index (χ3v) is 3.04. The lowest BCUT2D eigenvalue weighted by atomic mass is 10.1. The van der Waals surface area contributed by atoms with E-state index in [0.29, 0.717) is 6.42 Å². The van der Waals surface area contributed by atoms with E-state index in [0.717, 1.165) is 5.56 Å². The van der Waals surface area contributed by atoms with Crippen LogP contribution in [0.4, 0.5) is 0 Å². The first-order valence-electron chi connectivity index (χ1n) is 5.27. The van der Waals surface area contributed by atoms with Crippen LogP contribution in [-0.4, -0.2) is 27.6 Å². The summed E-state index contributed by atoms with van der Waals surface area (Å²) >= 11 is 0. The average molecular weight is 235 g/mol. The van der Waals surface area contributed by atoms with Crippen molar-refractivity contribution in [1.29, 1.82) is 0 Å². The molecule has 0 aromatic heterocycles. The van der Waals surface area contributed by atoms with Crippen LogP contribution in [0, 0.1) is 0 Å². The minimum atomic E-state index is -1.18. The Morgan fingerprint density at radius 3 is 2.41 bits per heavy atom. The molecular weight excluding hydrogens is 222 g/mol. The summed E-state index contributed by atoms with van der Waals surface area (Å²) in [6, 6.07) is 6.36. The number of hydrogen-bond donors (Lipinski definition) is 3. The average Bonchev–Trinajstić information content (AvgIpc) is 2.94. The fourth-order valence-electron chi connectivity index (χ4n) is 2.11.